The van der Waals surface area contributed by atoms with E-state index < -0.39 is 6.43 Å². The summed E-state index contributed by atoms with van der Waals surface area (Å²) in [5.74, 6) is 1.48. The number of hydrogen-bond acceptors (Lipinski definition) is 3. The summed E-state index contributed by atoms with van der Waals surface area (Å²) in [6.07, 6.45) is -1.62. The molecule has 0 spiro atoms. The zero-order valence-corrected chi connectivity index (χ0v) is 12.8. The van der Waals surface area contributed by atoms with Gasteiger partial charge in [-0.3, -0.25) is 0 Å². The van der Waals surface area contributed by atoms with Crippen LogP contribution in [0, 0.1) is 0 Å². The molecule has 0 unspecified atom stereocenters. The second-order valence-corrected chi connectivity index (χ2v) is 6.27. The fourth-order valence-electron chi connectivity index (χ4n) is 1.65. The summed E-state index contributed by atoms with van der Waals surface area (Å²) in [4.78, 5) is 0. The molecule has 0 saturated carbocycles. The Morgan fingerprint density at radius 3 is 2.42 bits per heavy atom. The molecular formula is C13H19F2NO2Se. The van der Waals surface area contributed by atoms with Crippen molar-refractivity contribution in [2.45, 2.75) is 24.6 Å². The third kappa shape index (κ3) is 4.97. The van der Waals surface area contributed by atoms with Crippen LogP contribution in [0.5, 0.6) is 11.5 Å². The minimum absolute atomic E-state index is 0.0453. The van der Waals surface area contributed by atoms with Crippen molar-refractivity contribution < 1.29 is 18.3 Å². The normalized spacial score (nSPS) is 10.8. The average molecular weight is 338 g/mol. The van der Waals surface area contributed by atoms with Crippen LogP contribution in [0.15, 0.2) is 12.1 Å². The van der Waals surface area contributed by atoms with Crippen molar-refractivity contribution in [1.82, 2.24) is 0 Å². The molecule has 0 aromatic heterocycles. The maximum atomic E-state index is 12.2. The van der Waals surface area contributed by atoms with E-state index in [-0.39, 0.29) is 21.4 Å². The molecule has 0 heterocycles. The van der Waals surface area contributed by atoms with Crippen molar-refractivity contribution in [1.29, 1.82) is 0 Å². The summed E-state index contributed by atoms with van der Waals surface area (Å²) < 4.78 is 35.9. The van der Waals surface area contributed by atoms with Crippen LogP contribution in [0.3, 0.4) is 0 Å². The Morgan fingerprint density at radius 2 is 1.89 bits per heavy atom. The van der Waals surface area contributed by atoms with Crippen LogP contribution in [0.25, 0.3) is 0 Å². The van der Waals surface area contributed by atoms with Crippen LogP contribution in [-0.4, -0.2) is 42.1 Å². The molecule has 3 nitrogen and oxygen atoms in total. The van der Waals surface area contributed by atoms with Gasteiger partial charge in [0.2, 0.25) is 0 Å². The van der Waals surface area contributed by atoms with Crippen molar-refractivity contribution >= 4 is 19.4 Å². The Labute approximate surface area is 118 Å². The molecule has 0 aliphatic heterocycles. The van der Waals surface area contributed by atoms with Gasteiger partial charge in [0.1, 0.15) is 0 Å². The number of rotatable bonds is 8. The van der Waals surface area contributed by atoms with E-state index in [2.05, 4.69) is 0 Å². The predicted octanol–water partition coefficient (Wildman–Crippen LogP) is 1.61. The van der Waals surface area contributed by atoms with E-state index in [1.54, 1.807) is 14.2 Å². The molecular weight excluding hydrogens is 319 g/mol. The van der Waals surface area contributed by atoms with Gasteiger partial charge in [-0.2, -0.15) is 0 Å². The Bertz CT molecular complexity index is 402. The van der Waals surface area contributed by atoms with Crippen molar-refractivity contribution in [3.63, 3.8) is 0 Å². The average Bonchev–Trinajstić information content (AvgIpc) is 2.39. The minimum atomic E-state index is -2.24. The molecule has 0 radical (unpaired) electrons. The van der Waals surface area contributed by atoms with E-state index in [9.17, 15) is 8.78 Å². The summed E-state index contributed by atoms with van der Waals surface area (Å²) in [6.45, 7) is 0.523. The second-order valence-electron chi connectivity index (χ2n) is 3.88. The van der Waals surface area contributed by atoms with E-state index >= 15 is 0 Å². The van der Waals surface area contributed by atoms with Gasteiger partial charge in [0.25, 0.3) is 0 Å². The predicted molar refractivity (Wildman–Crippen MR) is 73.1 cm³/mol. The first kappa shape index (κ1) is 16.2. The Hall–Kier alpha value is -0.841. The molecule has 0 saturated heterocycles. The zero-order valence-electron chi connectivity index (χ0n) is 11.1. The first-order chi connectivity index (χ1) is 9.12. The molecule has 1 aromatic carbocycles. The van der Waals surface area contributed by atoms with Crippen LogP contribution >= 0.6 is 0 Å². The molecule has 0 aliphatic carbocycles. The quantitative estimate of drug-likeness (QED) is 0.733. The summed E-state index contributed by atoms with van der Waals surface area (Å²) >= 11 is -0.0453. The molecule has 0 aliphatic rings. The van der Waals surface area contributed by atoms with Crippen molar-refractivity contribution in [3.05, 3.63) is 17.7 Å². The first-order valence-electron chi connectivity index (χ1n) is 5.98. The van der Waals surface area contributed by atoms with Gasteiger partial charge in [-0.25, -0.2) is 0 Å². The molecule has 1 rings (SSSR count). The number of methoxy groups -OCH3 is 2. The van der Waals surface area contributed by atoms with Gasteiger partial charge in [-0.15, -0.1) is 0 Å². The molecule has 6 heteroatoms. The van der Waals surface area contributed by atoms with Crippen LogP contribution in [0.1, 0.15) is 12.0 Å². The van der Waals surface area contributed by atoms with Crippen LogP contribution in [0.2, 0.25) is 5.32 Å². The van der Waals surface area contributed by atoms with E-state index in [0.717, 1.165) is 21.5 Å². The summed E-state index contributed by atoms with van der Waals surface area (Å²) in [6, 6.07) is 3.78. The maximum absolute atomic E-state index is 12.2. The van der Waals surface area contributed by atoms with E-state index in [0.29, 0.717) is 18.3 Å². The van der Waals surface area contributed by atoms with Crippen molar-refractivity contribution in [2.24, 2.45) is 5.73 Å². The Balaban J connectivity index is 2.89. The number of ether oxygens (including phenoxy) is 2. The summed E-state index contributed by atoms with van der Waals surface area (Å²) in [7, 11) is 3.18. The van der Waals surface area contributed by atoms with Gasteiger partial charge in [0.15, 0.2) is 0 Å². The Morgan fingerprint density at radius 1 is 1.21 bits per heavy atom. The number of alkyl halides is 2. The fourth-order valence-corrected chi connectivity index (χ4v) is 3.73. The van der Waals surface area contributed by atoms with E-state index in [1.807, 2.05) is 12.1 Å². The van der Waals surface area contributed by atoms with Crippen molar-refractivity contribution in [3.8, 4) is 11.5 Å². The third-order valence-corrected chi connectivity index (χ3v) is 4.82. The number of halogens is 2. The van der Waals surface area contributed by atoms with Gasteiger partial charge < -0.3 is 0 Å². The standard InChI is InChI=1S/C13H19F2NO2Se/c1-17-10-8-12(19-6-4-13(14)15)11(18-2)7-9(10)3-5-16/h7-8,13H,3-6,16H2,1-2H3. The molecule has 0 bridgehead atoms. The summed E-state index contributed by atoms with van der Waals surface area (Å²) in [5.41, 5.74) is 6.53. The number of hydrogen-bond donors (Lipinski definition) is 1. The van der Waals surface area contributed by atoms with Crippen molar-refractivity contribution in [2.75, 3.05) is 20.8 Å². The number of nitrogens with two attached hydrogens (primary N) is 1. The van der Waals surface area contributed by atoms with Gasteiger partial charge in [-0.1, -0.05) is 0 Å². The molecule has 0 atom stereocenters. The zero-order chi connectivity index (χ0) is 14.3. The molecule has 1 aromatic rings. The molecule has 0 fully saturated rings. The third-order valence-electron chi connectivity index (χ3n) is 2.57. The SMILES string of the molecule is COc1cc([Se]CCC(F)F)c(OC)cc1CCN. The van der Waals surface area contributed by atoms with Gasteiger partial charge in [0.05, 0.1) is 0 Å². The van der Waals surface area contributed by atoms with Gasteiger partial charge in [0, 0.05) is 0 Å². The molecule has 108 valence electrons. The van der Waals surface area contributed by atoms with E-state index in [1.165, 1.54) is 0 Å². The van der Waals surface area contributed by atoms with Crippen LogP contribution < -0.4 is 19.7 Å². The van der Waals surface area contributed by atoms with Crippen LogP contribution in [-0.2, 0) is 6.42 Å². The topological polar surface area (TPSA) is 44.5 Å². The molecule has 2 N–H and O–H groups in total. The van der Waals surface area contributed by atoms with Gasteiger partial charge >= 0.3 is 118 Å². The molecule has 0 amide bonds. The molecule has 19 heavy (non-hydrogen) atoms. The Kier molecular flexibility index (Phi) is 7.13. The fraction of sp³-hybridized carbons (Fsp3) is 0.538. The van der Waals surface area contributed by atoms with Gasteiger partial charge in [-0.05, 0) is 0 Å². The first-order valence-corrected chi connectivity index (χ1v) is 8.05. The number of benzene rings is 1. The van der Waals surface area contributed by atoms with E-state index in [4.69, 9.17) is 15.2 Å². The monoisotopic (exact) mass is 339 g/mol. The summed E-state index contributed by atoms with van der Waals surface area (Å²) in [5, 5.41) is 0.487. The second kappa shape index (κ2) is 8.35. The van der Waals surface area contributed by atoms with Crippen LogP contribution in [0.4, 0.5) is 8.78 Å².